The van der Waals surface area contributed by atoms with E-state index in [9.17, 15) is 32.7 Å². The number of halogens is 3. The number of fused-ring (bicyclic) bond motifs is 1. The van der Waals surface area contributed by atoms with Gasteiger partial charge in [0.05, 0.1) is 5.56 Å². The molecule has 1 unspecified atom stereocenters. The lowest BCUT2D eigenvalue weighted by molar-refractivity contribution is -0.149. The molecule has 0 bridgehead atoms. The Hall–Kier alpha value is -5.12. The van der Waals surface area contributed by atoms with Crippen LogP contribution in [0.4, 0.5) is 13.2 Å². The summed E-state index contributed by atoms with van der Waals surface area (Å²) < 4.78 is 44.8. The Balaban J connectivity index is 1.38. The Labute approximate surface area is 277 Å². The summed E-state index contributed by atoms with van der Waals surface area (Å²) in [4.78, 5) is 41.5. The van der Waals surface area contributed by atoms with Gasteiger partial charge in [0, 0.05) is 18.4 Å². The van der Waals surface area contributed by atoms with E-state index in [1.165, 1.54) is 17.0 Å². The number of carbonyl (C=O) groups excluding carboxylic acids is 2. The molecule has 250 valence electrons. The minimum atomic E-state index is -4.45. The molecule has 0 spiro atoms. The lowest BCUT2D eigenvalue weighted by atomic mass is 9.87. The third-order valence-corrected chi connectivity index (χ3v) is 8.30. The van der Waals surface area contributed by atoms with Crippen molar-refractivity contribution in [1.82, 2.24) is 10.2 Å². The highest BCUT2D eigenvalue weighted by atomic mass is 19.4. The van der Waals surface area contributed by atoms with E-state index in [1.807, 2.05) is 54.6 Å². The maximum absolute atomic E-state index is 14.0. The maximum atomic E-state index is 14.0. The van der Waals surface area contributed by atoms with E-state index in [1.54, 1.807) is 39.0 Å². The SMILES string of the molecule is CC(C)(C)C(=O)N1CCc2ccc(OCc3ccc(C(F)(F)F)cc3)cc2C1C(=O)N[C@@H](Cc1ccc(-c2ccccc2)cc1)C(=O)O. The second-order valence-corrected chi connectivity index (χ2v) is 12.9. The number of nitrogens with one attached hydrogen (secondary N) is 1. The number of nitrogens with zero attached hydrogens (tertiary/aromatic N) is 1. The molecule has 0 fully saturated rings. The molecule has 10 heteroatoms. The van der Waals surface area contributed by atoms with Gasteiger partial charge in [0.15, 0.2) is 0 Å². The molecule has 0 aliphatic carbocycles. The fraction of sp³-hybridized carbons (Fsp3) is 0.289. The van der Waals surface area contributed by atoms with Crippen molar-refractivity contribution in [3.63, 3.8) is 0 Å². The molecular formula is C38H37F3N2O5. The fourth-order valence-electron chi connectivity index (χ4n) is 5.72. The van der Waals surface area contributed by atoms with Crippen LogP contribution in [0, 0.1) is 5.41 Å². The molecule has 2 atom stereocenters. The van der Waals surface area contributed by atoms with Gasteiger partial charge in [-0.15, -0.1) is 0 Å². The van der Waals surface area contributed by atoms with Gasteiger partial charge in [-0.1, -0.05) is 93.6 Å². The van der Waals surface area contributed by atoms with Crippen molar-refractivity contribution < 1.29 is 37.4 Å². The Kier molecular flexibility index (Phi) is 9.93. The first-order valence-electron chi connectivity index (χ1n) is 15.6. The first-order chi connectivity index (χ1) is 22.7. The number of hydrogen-bond acceptors (Lipinski definition) is 4. The number of amides is 2. The second-order valence-electron chi connectivity index (χ2n) is 12.9. The normalized spacial score (nSPS) is 15.3. The molecule has 1 heterocycles. The van der Waals surface area contributed by atoms with Gasteiger partial charge >= 0.3 is 12.1 Å². The van der Waals surface area contributed by atoms with Gasteiger partial charge in [-0.2, -0.15) is 13.2 Å². The lowest BCUT2D eigenvalue weighted by Gasteiger charge is -2.40. The van der Waals surface area contributed by atoms with E-state index < -0.39 is 41.1 Å². The second kappa shape index (κ2) is 13.9. The number of ether oxygens (including phenoxy) is 1. The molecule has 0 aromatic heterocycles. The van der Waals surface area contributed by atoms with E-state index in [4.69, 9.17) is 4.74 Å². The van der Waals surface area contributed by atoms with Crippen molar-refractivity contribution in [3.05, 3.63) is 125 Å². The van der Waals surface area contributed by atoms with Crippen LogP contribution in [0.1, 0.15) is 54.6 Å². The molecule has 48 heavy (non-hydrogen) atoms. The first kappa shape index (κ1) is 34.2. The number of rotatable bonds is 9. The summed E-state index contributed by atoms with van der Waals surface area (Å²) in [5.41, 5.74) is 2.95. The lowest BCUT2D eigenvalue weighted by Crippen LogP contribution is -2.53. The highest BCUT2D eigenvalue weighted by Gasteiger charge is 2.41. The first-order valence-corrected chi connectivity index (χ1v) is 15.6. The molecule has 7 nitrogen and oxygen atoms in total. The minimum absolute atomic E-state index is 0.0252. The molecule has 0 radical (unpaired) electrons. The van der Waals surface area contributed by atoms with Crippen LogP contribution < -0.4 is 10.1 Å². The van der Waals surface area contributed by atoms with E-state index >= 15 is 0 Å². The zero-order valence-corrected chi connectivity index (χ0v) is 26.9. The van der Waals surface area contributed by atoms with Crippen LogP contribution in [-0.4, -0.2) is 40.4 Å². The van der Waals surface area contributed by atoms with Crippen molar-refractivity contribution >= 4 is 17.8 Å². The van der Waals surface area contributed by atoms with Gasteiger partial charge in [0.25, 0.3) is 0 Å². The zero-order valence-electron chi connectivity index (χ0n) is 26.9. The highest BCUT2D eigenvalue weighted by Crippen LogP contribution is 2.36. The topological polar surface area (TPSA) is 95.9 Å². The average Bonchev–Trinajstić information content (AvgIpc) is 3.06. The number of benzene rings is 4. The largest absolute Gasteiger partial charge is 0.489 e. The summed E-state index contributed by atoms with van der Waals surface area (Å²) in [5, 5.41) is 12.8. The number of carboxylic acid groups (broad SMARTS) is 1. The van der Waals surface area contributed by atoms with E-state index in [2.05, 4.69) is 5.32 Å². The van der Waals surface area contributed by atoms with Gasteiger partial charge < -0.3 is 20.1 Å². The predicted molar refractivity (Wildman–Crippen MR) is 175 cm³/mol. The molecule has 2 N–H and O–H groups in total. The summed E-state index contributed by atoms with van der Waals surface area (Å²) in [6.07, 6.45) is -3.95. The van der Waals surface area contributed by atoms with E-state index in [0.717, 1.165) is 28.8 Å². The number of aliphatic carboxylic acids is 1. The molecule has 1 aliphatic heterocycles. The van der Waals surface area contributed by atoms with Crippen LogP contribution in [0.5, 0.6) is 5.75 Å². The number of hydrogen-bond donors (Lipinski definition) is 2. The van der Waals surface area contributed by atoms with Gasteiger partial charge in [-0.25, -0.2) is 4.79 Å². The quantitative estimate of drug-likeness (QED) is 0.198. The average molecular weight is 659 g/mol. The Bertz CT molecular complexity index is 1770. The summed E-state index contributed by atoms with van der Waals surface area (Å²) in [5.74, 6) is -1.77. The van der Waals surface area contributed by atoms with Gasteiger partial charge in [0.1, 0.15) is 24.4 Å². The van der Waals surface area contributed by atoms with Gasteiger partial charge in [0.2, 0.25) is 11.8 Å². The smallest absolute Gasteiger partial charge is 0.416 e. The van der Waals surface area contributed by atoms with E-state index in [-0.39, 0.29) is 25.5 Å². The molecule has 0 saturated carbocycles. The number of carbonyl (C=O) groups is 3. The maximum Gasteiger partial charge on any atom is 0.416 e. The highest BCUT2D eigenvalue weighted by molar-refractivity contribution is 5.93. The van der Waals surface area contributed by atoms with Crippen LogP contribution in [0.15, 0.2) is 97.1 Å². The molecule has 1 aliphatic rings. The minimum Gasteiger partial charge on any atom is -0.489 e. The molecule has 0 saturated heterocycles. The van der Waals surface area contributed by atoms with Crippen molar-refractivity contribution in [3.8, 4) is 16.9 Å². The Morgan fingerprint density at radius 1 is 0.875 bits per heavy atom. The number of alkyl halides is 3. The van der Waals surface area contributed by atoms with Gasteiger partial charge in [-0.05, 0) is 64.1 Å². The third kappa shape index (κ3) is 8.05. The van der Waals surface area contributed by atoms with Crippen LogP contribution in [-0.2, 0) is 40.0 Å². The summed E-state index contributed by atoms with van der Waals surface area (Å²) in [7, 11) is 0. The summed E-state index contributed by atoms with van der Waals surface area (Å²) in [6, 6.07) is 24.6. The summed E-state index contributed by atoms with van der Waals surface area (Å²) in [6.45, 7) is 5.49. The van der Waals surface area contributed by atoms with Crippen molar-refractivity contribution in [2.24, 2.45) is 5.41 Å². The molecule has 2 amide bonds. The van der Waals surface area contributed by atoms with Crippen molar-refractivity contribution in [1.29, 1.82) is 0 Å². The van der Waals surface area contributed by atoms with Crippen molar-refractivity contribution in [2.45, 2.75) is 58.5 Å². The predicted octanol–water partition coefficient (Wildman–Crippen LogP) is 7.24. The standard InChI is InChI=1S/C38H37F3N2O5/c1-37(2,3)36(47)43-20-19-28-15-18-30(48-23-25-11-16-29(17-12-25)38(39,40)41)22-31(28)33(43)34(44)42-32(35(45)46)21-24-9-13-27(14-10-24)26-7-5-4-6-8-26/h4-18,22,32-33H,19-21,23H2,1-3H3,(H,42,44)(H,45,46)/t32-,33?/m0/s1. The monoisotopic (exact) mass is 658 g/mol. The summed E-state index contributed by atoms with van der Waals surface area (Å²) >= 11 is 0. The van der Waals surface area contributed by atoms with Crippen molar-refractivity contribution in [2.75, 3.05) is 6.54 Å². The third-order valence-electron chi connectivity index (χ3n) is 8.30. The molecule has 4 aromatic rings. The van der Waals surface area contributed by atoms with E-state index in [0.29, 0.717) is 28.9 Å². The molecule has 4 aromatic carbocycles. The Morgan fingerprint density at radius 2 is 1.50 bits per heavy atom. The van der Waals surface area contributed by atoms with Crippen LogP contribution in [0.2, 0.25) is 0 Å². The van der Waals surface area contributed by atoms with Gasteiger partial charge in [-0.3, -0.25) is 9.59 Å². The zero-order chi connectivity index (χ0) is 34.6. The molecular weight excluding hydrogens is 621 g/mol. The molecule has 5 rings (SSSR count). The van der Waals surface area contributed by atoms with Crippen LogP contribution >= 0.6 is 0 Å². The fourth-order valence-corrected chi connectivity index (χ4v) is 5.72. The number of carboxylic acids is 1. The van der Waals surface area contributed by atoms with Crippen LogP contribution in [0.3, 0.4) is 0 Å². The van der Waals surface area contributed by atoms with Crippen LogP contribution in [0.25, 0.3) is 11.1 Å². The Morgan fingerprint density at radius 3 is 2.10 bits per heavy atom.